The minimum Gasteiger partial charge on any atom is -0.334 e. The van der Waals surface area contributed by atoms with Crippen LogP contribution in [0, 0.1) is 6.92 Å². The molecule has 0 atom stereocenters. The summed E-state index contributed by atoms with van der Waals surface area (Å²) >= 11 is 0. The number of aromatic nitrogens is 2. The first-order chi connectivity index (χ1) is 13.0. The smallest absolute Gasteiger partial charge is 0.258 e. The van der Waals surface area contributed by atoms with Crippen molar-refractivity contribution >= 4 is 17.5 Å². The molecule has 0 saturated heterocycles. The molecule has 0 aliphatic heterocycles. The van der Waals surface area contributed by atoms with Gasteiger partial charge in [0.15, 0.2) is 0 Å². The van der Waals surface area contributed by atoms with Crippen LogP contribution in [0.5, 0.6) is 0 Å². The molecular formula is C22H24N4O. The van der Waals surface area contributed by atoms with E-state index in [1.54, 1.807) is 12.4 Å². The van der Waals surface area contributed by atoms with Gasteiger partial charge in [-0.25, -0.2) is 9.97 Å². The number of hydrogen-bond donors (Lipinski definition) is 1. The van der Waals surface area contributed by atoms with Crippen LogP contribution < -0.4 is 10.2 Å². The maximum absolute atomic E-state index is 12.4. The van der Waals surface area contributed by atoms with Crippen molar-refractivity contribution in [2.75, 3.05) is 10.2 Å². The highest BCUT2D eigenvalue weighted by Gasteiger charge is 2.15. The molecule has 27 heavy (non-hydrogen) atoms. The Hall–Kier alpha value is -3.21. The van der Waals surface area contributed by atoms with E-state index in [9.17, 15) is 4.79 Å². The molecule has 3 aromatic rings. The van der Waals surface area contributed by atoms with Gasteiger partial charge in [-0.3, -0.25) is 4.79 Å². The van der Waals surface area contributed by atoms with E-state index in [0.29, 0.717) is 18.1 Å². The van der Waals surface area contributed by atoms with Gasteiger partial charge in [-0.1, -0.05) is 48.0 Å². The molecule has 0 saturated carbocycles. The Kier molecular flexibility index (Phi) is 5.81. The molecule has 1 heterocycles. The Bertz CT molecular complexity index is 874. The average Bonchev–Trinajstić information content (AvgIpc) is 2.68. The van der Waals surface area contributed by atoms with Crippen molar-refractivity contribution in [1.82, 2.24) is 9.97 Å². The quantitative estimate of drug-likeness (QED) is 0.705. The molecule has 5 nitrogen and oxygen atoms in total. The molecular weight excluding hydrogens is 336 g/mol. The van der Waals surface area contributed by atoms with Gasteiger partial charge in [0.25, 0.3) is 5.91 Å². The summed E-state index contributed by atoms with van der Waals surface area (Å²) in [5.74, 6) is 0.394. The minimum atomic E-state index is -0.218. The third kappa shape index (κ3) is 4.91. The SMILES string of the molecule is Cc1ccc(NC(=O)c2cnc(N(Cc3ccccc3)C(C)C)nc2)cc1. The lowest BCUT2D eigenvalue weighted by Crippen LogP contribution is -2.31. The summed E-state index contributed by atoms with van der Waals surface area (Å²) < 4.78 is 0. The Balaban J connectivity index is 1.72. The third-order valence-electron chi connectivity index (χ3n) is 4.29. The van der Waals surface area contributed by atoms with E-state index < -0.39 is 0 Å². The predicted molar refractivity (Wildman–Crippen MR) is 109 cm³/mol. The number of rotatable bonds is 6. The zero-order valence-corrected chi connectivity index (χ0v) is 15.9. The Morgan fingerprint density at radius 2 is 1.63 bits per heavy atom. The van der Waals surface area contributed by atoms with Crippen molar-refractivity contribution < 1.29 is 4.79 Å². The van der Waals surface area contributed by atoms with Crippen LogP contribution in [-0.2, 0) is 6.54 Å². The molecule has 0 fully saturated rings. The number of carbonyl (C=O) groups is 1. The first-order valence-electron chi connectivity index (χ1n) is 9.03. The molecule has 0 aliphatic carbocycles. The van der Waals surface area contributed by atoms with E-state index in [4.69, 9.17) is 0 Å². The normalized spacial score (nSPS) is 10.7. The number of hydrogen-bond acceptors (Lipinski definition) is 4. The minimum absolute atomic E-state index is 0.218. The van der Waals surface area contributed by atoms with Gasteiger partial charge in [0.2, 0.25) is 5.95 Å². The van der Waals surface area contributed by atoms with Gasteiger partial charge >= 0.3 is 0 Å². The van der Waals surface area contributed by atoms with Crippen LogP contribution >= 0.6 is 0 Å². The van der Waals surface area contributed by atoms with Gasteiger partial charge < -0.3 is 10.2 Å². The monoisotopic (exact) mass is 360 g/mol. The van der Waals surface area contributed by atoms with E-state index >= 15 is 0 Å². The lowest BCUT2D eigenvalue weighted by molar-refractivity contribution is 0.102. The van der Waals surface area contributed by atoms with Crippen LogP contribution in [0.4, 0.5) is 11.6 Å². The molecule has 1 N–H and O–H groups in total. The highest BCUT2D eigenvalue weighted by atomic mass is 16.1. The van der Waals surface area contributed by atoms with Gasteiger partial charge in [0.05, 0.1) is 5.56 Å². The molecule has 0 spiro atoms. The van der Waals surface area contributed by atoms with Crippen LogP contribution in [0.3, 0.4) is 0 Å². The van der Waals surface area contributed by atoms with Crippen molar-refractivity contribution in [3.8, 4) is 0 Å². The molecule has 2 aromatic carbocycles. The van der Waals surface area contributed by atoms with Crippen molar-refractivity contribution in [2.45, 2.75) is 33.4 Å². The molecule has 1 amide bonds. The Morgan fingerprint density at radius 1 is 1.00 bits per heavy atom. The predicted octanol–water partition coefficient (Wildman–Crippen LogP) is 4.45. The molecule has 3 rings (SSSR count). The summed E-state index contributed by atoms with van der Waals surface area (Å²) in [5, 5.41) is 2.86. The zero-order chi connectivity index (χ0) is 19.2. The van der Waals surface area contributed by atoms with Crippen molar-refractivity contribution in [3.63, 3.8) is 0 Å². The molecule has 0 radical (unpaired) electrons. The first-order valence-corrected chi connectivity index (χ1v) is 9.03. The standard InChI is InChI=1S/C22H24N4O/c1-16(2)26(15-18-7-5-4-6-8-18)22-23-13-19(14-24-22)21(27)25-20-11-9-17(3)10-12-20/h4-14,16H,15H2,1-3H3,(H,25,27). The van der Waals surface area contributed by atoms with E-state index in [1.807, 2.05) is 49.4 Å². The van der Waals surface area contributed by atoms with Crippen LogP contribution in [0.25, 0.3) is 0 Å². The van der Waals surface area contributed by atoms with Crippen molar-refractivity contribution in [3.05, 3.63) is 83.7 Å². The highest BCUT2D eigenvalue weighted by molar-refractivity contribution is 6.03. The van der Waals surface area contributed by atoms with E-state index in [1.165, 1.54) is 5.56 Å². The molecule has 0 unspecified atom stereocenters. The van der Waals surface area contributed by atoms with Crippen molar-refractivity contribution in [1.29, 1.82) is 0 Å². The summed E-state index contributed by atoms with van der Waals surface area (Å²) in [5.41, 5.74) is 3.52. The fraction of sp³-hybridized carbons (Fsp3) is 0.227. The lowest BCUT2D eigenvalue weighted by Gasteiger charge is -2.26. The van der Waals surface area contributed by atoms with E-state index in [2.05, 4.69) is 46.2 Å². The highest BCUT2D eigenvalue weighted by Crippen LogP contribution is 2.16. The molecule has 5 heteroatoms. The van der Waals surface area contributed by atoms with Gasteiger partial charge in [-0.2, -0.15) is 0 Å². The average molecular weight is 360 g/mol. The first kappa shape index (κ1) is 18.6. The fourth-order valence-electron chi connectivity index (χ4n) is 2.69. The van der Waals surface area contributed by atoms with Crippen LogP contribution in [-0.4, -0.2) is 21.9 Å². The Labute approximate surface area is 160 Å². The lowest BCUT2D eigenvalue weighted by atomic mass is 10.2. The summed E-state index contributed by atoms with van der Waals surface area (Å²) in [6.07, 6.45) is 3.15. The van der Waals surface area contributed by atoms with Crippen LogP contribution in [0.1, 0.15) is 35.3 Å². The third-order valence-corrected chi connectivity index (χ3v) is 4.29. The second-order valence-corrected chi connectivity index (χ2v) is 6.80. The fourth-order valence-corrected chi connectivity index (χ4v) is 2.69. The number of anilines is 2. The van der Waals surface area contributed by atoms with Gasteiger partial charge in [0.1, 0.15) is 0 Å². The zero-order valence-electron chi connectivity index (χ0n) is 15.9. The van der Waals surface area contributed by atoms with E-state index in [0.717, 1.165) is 11.3 Å². The maximum atomic E-state index is 12.4. The van der Waals surface area contributed by atoms with Crippen molar-refractivity contribution in [2.24, 2.45) is 0 Å². The van der Waals surface area contributed by atoms with Gasteiger partial charge in [-0.15, -0.1) is 0 Å². The largest absolute Gasteiger partial charge is 0.334 e. The molecule has 0 bridgehead atoms. The second kappa shape index (κ2) is 8.45. The molecule has 138 valence electrons. The summed E-state index contributed by atoms with van der Waals surface area (Å²) in [4.78, 5) is 23.4. The van der Waals surface area contributed by atoms with E-state index in [-0.39, 0.29) is 11.9 Å². The second-order valence-electron chi connectivity index (χ2n) is 6.80. The number of nitrogens with one attached hydrogen (secondary N) is 1. The summed E-state index contributed by atoms with van der Waals surface area (Å²) in [6.45, 7) is 6.93. The summed E-state index contributed by atoms with van der Waals surface area (Å²) in [6, 6.07) is 18.1. The number of carbonyl (C=O) groups excluding carboxylic acids is 1. The van der Waals surface area contributed by atoms with Gasteiger partial charge in [-0.05, 0) is 38.5 Å². The molecule has 1 aromatic heterocycles. The molecule has 0 aliphatic rings. The Morgan fingerprint density at radius 3 is 2.22 bits per heavy atom. The summed E-state index contributed by atoms with van der Waals surface area (Å²) in [7, 11) is 0. The van der Waals surface area contributed by atoms with Crippen LogP contribution in [0.2, 0.25) is 0 Å². The maximum Gasteiger partial charge on any atom is 0.258 e. The number of aryl methyl sites for hydroxylation is 1. The van der Waals surface area contributed by atoms with Gasteiger partial charge in [0, 0.05) is 30.7 Å². The number of benzene rings is 2. The number of nitrogens with zero attached hydrogens (tertiary/aromatic N) is 3. The van der Waals surface area contributed by atoms with Crippen LogP contribution in [0.15, 0.2) is 67.0 Å². The number of amides is 1. The topological polar surface area (TPSA) is 58.1 Å².